The number of aryl methyl sites for hydroxylation is 3. The fourth-order valence-corrected chi connectivity index (χ4v) is 5.58. The van der Waals surface area contributed by atoms with Gasteiger partial charge < -0.3 is 10.1 Å². The maximum atomic E-state index is 13.0. The number of nitrogens with one attached hydrogen (secondary N) is 1. The van der Waals surface area contributed by atoms with Gasteiger partial charge in [0, 0.05) is 25.6 Å². The molecule has 7 heteroatoms. The quantitative estimate of drug-likeness (QED) is 0.630. The summed E-state index contributed by atoms with van der Waals surface area (Å²) < 4.78 is 33.3. The molecule has 0 aromatic heterocycles. The monoisotopic (exact) mass is 444 g/mol. The highest BCUT2D eigenvalue weighted by Crippen LogP contribution is 2.24. The average molecular weight is 445 g/mol. The van der Waals surface area contributed by atoms with E-state index in [1.54, 1.807) is 6.07 Å². The fraction of sp³-hybridized carbons (Fsp3) is 0.458. The van der Waals surface area contributed by atoms with Crippen molar-refractivity contribution >= 4 is 15.9 Å². The molecule has 1 saturated heterocycles. The molecule has 0 unspecified atom stereocenters. The molecule has 0 aliphatic carbocycles. The van der Waals surface area contributed by atoms with Crippen molar-refractivity contribution in [2.24, 2.45) is 0 Å². The summed E-state index contributed by atoms with van der Waals surface area (Å²) in [5.41, 5.74) is 2.76. The van der Waals surface area contributed by atoms with Crippen LogP contribution < -0.4 is 10.1 Å². The van der Waals surface area contributed by atoms with E-state index in [1.807, 2.05) is 57.2 Å². The van der Waals surface area contributed by atoms with E-state index in [4.69, 9.17) is 4.74 Å². The van der Waals surface area contributed by atoms with E-state index in [0.717, 1.165) is 22.4 Å². The van der Waals surface area contributed by atoms with E-state index in [0.29, 0.717) is 50.3 Å². The van der Waals surface area contributed by atoms with Gasteiger partial charge in [0.25, 0.3) is 0 Å². The summed E-state index contributed by atoms with van der Waals surface area (Å²) in [5.74, 6) is 0.838. The van der Waals surface area contributed by atoms with Crippen LogP contribution in [0.3, 0.4) is 0 Å². The first kappa shape index (κ1) is 23.3. The minimum absolute atomic E-state index is 0.00911. The Labute approximate surface area is 185 Å². The van der Waals surface area contributed by atoms with Crippen molar-refractivity contribution in [3.63, 3.8) is 0 Å². The standard InChI is InChI=1S/C24H32N2O4S/c1-18-10-11-20(3)23(17-18)31(28,29)26-14-12-21(13-15-26)25-24(27)9-6-16-30-22-8-5-4-7-19(22)2/h4-5,7-8,10-11,17,21H,6,9,12-16H2,1-3H3,(H,25,27). The summed E-state index contributed by atoms with van der Waals surface area (Å²) in [7, 11) is -3.51. The van der Waals surface area contributed by atoms with Gasteiger partial charge in [-0.2, -0.15) is 4.31 Å². The summed E-state index contributed by atoms with van der Waals surface area (Å²) in [6.07, 6.45) is 2.28. The molecule has 1 N–H and O–H groups in total. The molecule has 1 fully saturated rings. The van der Waals surface area contributed by atoms with Crippen LogP contribution in [-0.4, -0.2) is 44.4 Å². The Morgan fingerprint density at radius 2 is 1.77 bits per heavy atom. The van der Waals surface area contributed by atoms with Crippen molar-refractivity contribution in [3.8, 4) is 5.75 Å². The molecule has 31 heavy (non-hydrogen) atoms. The highest BCUT2D eigenvalue weighted by atomic mass is 32.2. The lowest BCUT2D eigenvalue weighted by Crippen LogP contribution is -2.46. The number of carbonyl (C=O) groups excluding carboxylic acids is 1. The van der Waals surface area contributed by atoms with E-state index in [2.05, 4.69) is 5.32 Å². The largest absolute Gasteiger partial charge is 0.493 e. The third kappa shape index (κ3) is 6.08. The van der Waals surface area contributed by atoms with Crippen molar-refractivity contribution in [2.45, 2.75) is 57.4 Å². The van der Waals surface area contributed by atoms with Crippen molar-refractivity contribution in [1.29, 1.82) is 0 Å². The molecule has 0 atom stereocenters. The number of nitrogens with zero attached hydrogens (tertiary/aromatic N) is 1. The molecule has 0 radical (unpaired) electrons. The number of ether oxygens (including phenoxy) is 1. The van der Waals surface area contributed by atoms with Gasteiger partial charge in [-0.3, -0.25) is 4.79 Å². The summed E-state index contributed by atoms with van der Waals surface area (Å²) in [5, 5.41) is 3.05. The number of hydrogen-bond donors (Lipinski definition) is 1. The van der Waals surface area contributed by atoms with Crippen LogP contribution in [0.4, 0.5) is 0 Å². The SMILES string of the molecule is Cc1ccc(C)c(S(=O)(=O)N2CCC(NC(=O)CCCOc3ccccc3C)CC2)c1. The molecule has 168 valence electrons. The van der Waals surface area contributed by atoms with E-state index in [1.165, 1.54) is 4.31 Å². The number of benzene rings is 2. The maximum absolute atomic E-state index is 13.0. The molecular weight excluding hydrogens is 412 g/mol. The predicted molar refractivity (Wildman–Crippen MR) is 122 cm³/mol. The van der Waals surface area contributed by atoms with Crippen LogP contribution in [-0.2, 0) is 14.8 Å². The van der Waals surface area contributed by atoms with Crippen molar-refractivity contribution in [3.05, 3.63) is 59.2 Å². The average Bonchev–Trinajstić information content (AvgIpc) is 2.74. The Balaban J connectivity index is 1.43. The number of carbonyl (C=O) groups is 1. The zero-order valence-electron chi connectivity index (χ0n) is 18.6. The maximum Gasteiger partial charge on any atom is 0.243 e. The highest BCUT2D eigenvalue weighted by molar-refractivity contribution is 7.89. The first-order chi connectivity index (χ1) is 14.8. The number of piperidine rings is 1. The van der Waals surface area contributed by atoms with Crippen LogP contribution in [0.1, 0.15) is 42.4 Å². The number of hydrogen-bond acceptors (Lipinski definition) is 4. The lowest BCUT2D eigenvalue weighted by atomic mass is 10.1. The third-order valence-corrected chi connectivity index (χ3v) is 7.72. The molecule has 0 saturated carbocycles. The first-order valence-electron chi connectivity index (χ1n) is 10.8. The van der Waals surface area contributed by atoms with Crippen molar-refractivity contribution in [1.82, 2.24) is 9.62 Å². The summed E-state index contributed by atoms with van der Waals surface area (Å²) in [4.78, 5) is 12.7. The second-order valence-electron chi connectivity index (χ2n) is 8.23. The Bertz CT molecular complexity index is 1010. The van der Waals surface area contributed by atoms with E-state index in [9.17, 15) is 13.2 Å². The van der Waals surface area contributed by atoms with Gasteiger partial charge in [0.2, 0.25) is 15.9 Å². The van der Waals surface area contributed by atoms with Crippen LogP contribution in [0.5, 0.6) is 5.75 Å². The molecule has 1 aliphatic rings. The molecule has 6 nitrogen and oxygen atoms in total. The molecule has 1 amide bonds. The molecule has 2 aromatic rings. The van der Waals surface area contributed by atoms with Gasteiger partial charge in [-0.05, 0) is 68.9 Å². The van der Waals surface area contributed by atoms with Crippen LogP contribution in [0.2, 0.25) is 0 Å². The van der Waals surface area contributed by atoms with Crippen molar-refractivity contribution in [2.75, 3.05) is 19.7 Å². The third-order valence-electron chi connectivity index (χ3n) is 5.68. The number of sulfonamides is 1. The second-order valence-corrected chi connectivity index (χ2v) is 10.1. The van der Waals surface area contributed by atoms with Gasteiger partial charge in [-0.25, -0.2) is 8.42 Å². The second kappa shape index (κ2) is 10.3. The molecule has 3 rings (SSSR count). The summed E-state index contributed by atoms with van der Waals surface area (Å²) >= 11 is 0. The van der Waals surface area contributed by atoms with Crippen LogP contribution in [0, 0.1) is 20.8 Å². The Hall–Kier alpha value is -2.38. The molecule has 1 aliphatic heterocycles. The molecule has 0 bridgehead atoms. The lowest BCUT2D eigenvalue weighted by Gasteiger charge is -2.32. The Morgan fingerprint density at radius 1 is 1.06 bits per heavy atom. The van der Waals surface area contributed by atoms with E-state index < -0.39 is 10.0 Å². The molecule has 1 heterocycles. The van der Waals surface area contributed by atoms with Gasteiger partial charge in [0.15, 0.2) is 0 Å². The highest BCUT2D eigenvalue weighted by Gasteiger charge is 2.30. The van der Waals surface area contributed by atoms with Gasteiger partial charge >= 0.3 is 0 Å². The number of para-hydroxylation sites is 1. The first-order valence-corrected chi connectivity index (χ1v) is 12.3. The zero-order valence-corrected chi connectivity index (χ0v) is 19.4. The minimum atomic E-state index is -3.51. The topological polar surface area (TPSA) is 75.7 Å². The van der Waals surface area contributed by atoms with Crippen LogP contribution in [0.15, 0.2) is 47.4 Å². The molecular formula is C24H32N2O4S. The summed E-state index contributed by atoms with van der Waals surface area (Å²) in [6.45, 7) is 7.03. The number of amides is 1. The lowest BCUT2D eigenvalue weighted by molar-refractivity contribution is -0.122. The minimum Gasteiger partial charge on any atom is -0.493 e. The summed E-state index contributed by atoms with van der Waals surface area (Å²) in [6, 6.07) is 13.3. The van der Waals surface area contributed by atoms with Gasteiger partial charge in [0.1, 0.15) is 5.75 Å². The molecule has 0 spiro atoms. The van der Waals surface area contributed by atoms with Gasteiger partial charge in [-0.15, -0.1) is 0 Å². The Morgan fingerprint density at radius 3 is 2.48 bits per heavy atom. The fourth-order valence-electron chi connectivity index (χ4n) is 3.80. The van der Waals surface area contributed by atoms with Crippen LogP contribution >= 0.6 is 0 Å². The zero-order chi connectivity index (χ0) is 22.4. The van der Waals surface area contributed by atoms with Crippen LogP contribution in [0.25, 0.3) is 0 Å². The van der Waals surface area contributed by atoms with E-state index >= 15 is 0 Å². The normalized spacial score (nSPS) is 15.6. The predicted octanol–water partition coefficient (Wildman–Crippen LogP) is 3.74. The van der Waals surface area contributed by atoms with E-state index in [-0.39, 0.29) is 11.9 Å². The Kier molecular flexibility index (Phi) is 7.73. The van der Waals surface area contributed by atoms with Crippen molar-refractivity contribution < 1.29 is 17.9 Å². The smallest absolute Gasteiger partial charge is 0.243 e. The number of rotatable bonds is 8. The van der Waals surface area contributed by atoms with Gasteiger partial charge in [-0.1, -0.05) is 30.3 Å². The van der Waals surface area contributed by atoms with Gasteiger partial charge in [0.05, 0.1) is 11.5 Å². The molecule has 2 aromatic carbocycles.